The van der Waals surface area contributed by atoms with Crippen molar-refractivity contribution in [2.45, 2.75) is 32.0 Å². The number of aromatic nitrogens is 2. The van der Waals surface area contributed by atoms with Gasteiger partial charge in [0.2, 0.25) is 0 Å². The minimum absolute atomic E-state index is 0.167. The minimum atomic E-state index is -0.405. The fraction of sp³-hybridized carbons (Fsp3) is 0.261. The first-order valence-corrected chi connectivity index (χ1v) is 10.0. The Labute approximate surface area is 175 Å². The van der Waals surface area contributed by atoms with E-state index in [0.29, 0.717) is 24.4 Å². The van der Waals surface area contributed by atoms with Gasteiger partial charge in [-0.1, -0.05) is 30.3 Å². The first-order valence-electron chi connectivity index (χ1n) is 10.0. The van der Waals surface area contributed by atoms with Gasteiger partial charge < -0.3 is 19.9 Å². The van der Waals surface area contributed by atoms with Crippen molar-refractivity contribution in [1.29, 1.82) is 0 Å². The van der Waals surface area contributed by atoms with E-state index in [9.17, 15) is 9.59 Å². The Kier molecular flexibility index (Phi) is 6.20. The Morgan fingerprint density at radius 1 is 1.13 bits per heavy atom. The van der Waals surface area contributed by atoms with E-state index in [0.717, 1.165) is 30.5 Å². The number of hydrogen-bond acceptors (Lipinski definition) is 4. The van der Waals surface area contributed by atoms with Gasteiger partial charge >= 0.3 is 0 Å². The van der Waals surface area contributed by atoms with Gasteiger partial charge in [0, 0.05) is 43.3 Å². The predicted molar refractivity (Wildman–Crippen MR) is 113 cm³/mol. The molecule has 1 fully saturated rings. The number of imidazole rings is 1. The monoisotopic (exact) mass is 404 g/mol. The van der Waals surface area contributed by atoms with E-state index in [2.05, 4.69) is 21.7 Å². The zero-order valence-electron chi connectivity index (χ0n) is 16.6. The van der Waals surface area contributed by atoms with Crippen LogP contribution in [0.2, 0.25) is 0 Å². The average Bonchev–Trinajstić information content (AvgIpc) is 3.47. The molecule has 3 aromatic rings. The molecule has 0 aliphatic carbocycles. The summed E-state index contributed by atoms with van der Waals surface area (Å²) in [7, 11) is 0. The molecule has 0 radical (unpaired) electrons. The van der Waals surface area contributed by atoms with E-state index in [1.54, 1.807) is 36.8 Å². The van der Waals surface area contributed by atoms with Crippen molar-refractivity contribution in [2.75, 3.05) is 11.9 Å². The summed E-state index contributed by atoms with van der Waals surface area (Å²) in [4.78, 5) is 28.9. The number of carbonyl (C=O) groups excluding carboxylic acids is 2. The lowest BCUT2D eigenvalue weighted by molar-refractivity contribution is -0.124. The number of ether oxygens (including phenoxy) is 1. The SMILES string of the molecule is O=C(NCc1cccc(Cn2ccnc2)c1)c1cccc(NC(=O)C2CCCO2)c1. The van der Waals surface area contributed by atoms with Crippen LogP contribution >= 0.6 is 0 Å². The summed E-state index contributed by atoms with van der Waals surface area (Å²) in [5, 5.41) is 5.77. The number of carbonyl (C=O) groups is 2. The van der Waals surface area contributed by atoms with Crippen LogP contribution in [0.3, 0.4) is 0 Å². The maximum Gasteiger partial charge on any atom is 0.253 e. The third-order valence-electron chi connectivity index (χ3n) is 4.98. The van der Waals surface area contributed by atoms with Crippen LogP contribution in [-0.2, 0) is 22.6 Å². The second kappa shape index (κ2) is 9.37. The molecule has 1 saturated heterocycles. The molecule has 0 spiro atoms. The molecule has 1 aliphatic heterocycles. The van der Waals surface area contributed by atoms with Crippen molar-refractivity contribution in [3.63, 3.8) is 0 Å². The van der Waals surface area contributed by atoms with Gasteiger partial charge in [0.15, 0.2) is 0 Å². The fourth-order valence-electron chi connectivity index (χ4n) is 3.46. The highest BCUT2D eigenvalue weighted by Crippen LogP contribution is 2.16. The first kappa shape index (κ1) is 19.8. The highest BCUT2D eigenvalue weighted by atomic mass is 16.5. The van der Waals surface area contributed by atoms with Crippen LogP contribution in [0.15, 0.2) is 67.3 Å². The van der Waals surface area contributed by atoms with Crippen LogP contribution in [0.5, 0.6) is 0 Å². The van der Waals surface area contributed by atoms with Crippen LogP contribution in [0.25, 0.3) is 0 Å². The van der Waals surface area contributed by atoms with Crippen LogP contribution in [-0.4, -0.2) is 34.1 Å². The molecule has 7 nitrogen and oxygen atoms in total. The molecule has 1 aliphatic rings. The lowest BCUT2D eigenvalue weighted by Crippen LogP contribution is -2.27. The number of nitrogens with zero attached hydrogens (tertiary/aromatic N) is 2. The summed E-state index contributed by atoms with van der Waals surface area (Å²) in [5.41, 5.74) is 3.24. The number of amides is 2. The van der Waals surface area contributed by atoms with Gasteiger partial charge in [0.25, 0.3) is 11.8 Å². The molecule has 1 atom stereocenters. The smallest absolute Gasteiger partial charge is 0.253 e. The van der Waals surface area contributed by atoms with E-state index in [1.165, 1.54) is 0 Å². The predicted octanol–water partition coefficient (Wildman–Crippen LogP) is 2.98. The molecule has 2 amide bonds. The Balaban J connectivity index is 1.34. The molecular formula is C23H24N4O3. The summed E-state index contributed by atoms with van der Waals surface area (Å²) in [6.45, 7) is 1.77. The van der Waals surface area contributed by atoms with Crippen LogP contribution in [0.4, 0.5) is 5.69 Å². The minimum Gasteiger partial charge on any atom is -0.368 e. The van der Waals surface area contributed by atoms with E-state index >= 15 is 0 Å². The number of anilines is 1. The summed E-state index contributed by atoms with van der Waals surface area (Å²) in [5.74, 6) is -0.358. The van der Waals surface area contributed by atoms with Crippen molar-refractivity contribution in [2.24, 2.45) is 0 Å². The second-order valence-electron chi connectivity index (χ2n) is 7.31. The van der Waals surface area contributed by atoms with E-state index in [4.69, 9.17) is 4.74 Å². The summed E-state index contributed by atoms with van der Waals surface area (Å²) < 4.78 is 7.39. The maximum absolute atomic E-state index is 12.6. The molecule has 154 valence electrons. The molecule has 1 aromatic heterocycles. The highest BCUT2D eigenvalue weighted by molar-refractivity contribution is 5.98. The standard InChI is InChI=1S/C23H24N4O3/c28-22(19-6-2-7-20(13-19)26-23(29)21-8-3-11-30-21)25-14-17-4-1-5-18(12-17)15-27-10-9-24-16-27/h1-2,4-7,9-10,12-13,16,21H,3,8,11,14-15H2,(H,25,28)(H,26,29). The molecular weight excluding hydrogens is 380 g/mol. The summed E-state index contributed by atoms with van der Waals surface area (Å²) in [6.07, 6.45) is 6.66. The lowest BCUT2D eigenvalue weighted by Gasteiger charge is -2.12. The highest BCUT2D eigenvalue weighted by Gasteiger charge is 2.23. The molecule has 0 bridgehead atoms. The quantitative estimate of drug-likeness (QED) is 0.634. The number of rotatable bonds is 7. The first-order chi connectivity index (χ1) is 14.7. The molecule has 2 heterocycles. The molecule has 2 aromatic carbocycles. The lowest BCUT2D eigenvalue weighted by atomic mass is 10.1. The van der Waals surface area contributed by atoms with Crippen molar-refractivity contribution < 1.29 is 14.3 Å². The molecule has 7 heteroatoms. The van der Waals surface area contributed by atoms with Crippen molar-refractivity contribution in [3.8, 4) is 0 Å². The maximum atomic E-state index is 12.6. The third-order valence-corrected chi connectivity index (χ3v) is 4.98. The Morgan fingerprint density at radius 3 is 2.80 bits per heavy atom. The van der Waals surface area contributed by atoms with E-state index < -0.39 is 6.10 Å². The molecule has 2 N–H and O–H groups in total. The van der Waals surface area contributed by atoms with Crippen LogP contribution in [0, 0.1) is 0 Å². The van der Waals surface area contributed by atoms with Gasteiger partial charge in [-0.3, -0.25) is 9.59 Å². The fourth-order valence-corrected chi connectivity index (χ4v) is 3.46. The van der Waals surface area contributed by atoms with E-state index in [1.807, 2.05) is 29.0 Å². The second-order valence-corrected chi connectivity index (χ2v) is 7.31. The van der Waals surface area contributed by atoms with Gasteiger partial charge in [-0.25, -0.2) is 4.98 Å². The van der Waals surface area contributed by atoms with Gasteiger partial charge in [-0.15, -0.1) is 0 Å². The van der Waals surface area contributed by atoms with Crippen molar-refractivity contribution in [1.82, 2.24) is 14.9 Å². The Hall–Kier alpha value is -3.45. The van der Waals surface area contributed by atoms with Crippen LogP contribution < -0.4 is 10.6 Å². The van der Waals surface area contributed by atoms with Gasteiger partial charge in [0.1, 0.15) is 6.10 Å². The molecule has 30 heavy (non-hydrogen) atoms. The molecule has 4 rings (SSSR count). The number of hydrogen-bond donors (Lipinski definition) is 2. The largest absolute Gasteiger partial charge is 0.368 e. The van der Waals surface area contributed by atoms with Crippen molar-refractivity contribution >= 4 is 17.5 Å². The number of nitrogens with one attached hydrogen (secondary N) is 2. The van der Waals surface area contributed by atoms with Crippen molar-refractivity contribution in [3.05, 3.63) is 83.9 Å². The number of benzene rings is 2. The van der Waals surface area contributed by atoms with Gasteiger partial charge in [-0.2, -0.15) is 0 Å². The summed E-state index contributed by atoms with van der Waals surface area (Å²) >= 11 is 0. The normalized spacial score (nSPS) is 15.7. The zero-order chi connectivity index (χ0) is 20.8. The third kappa shape index (κ3) is 5.12. The summed E-state index contributed by atoms with van der Waals surface area (Å²) in [6, 6.07) is 15.0. The van der Waals surface area contributed by atoms with Gasteiger partial charge in [-0.05, 0) is 42.2 Å². The van der Waals surface area contributed by atoms with Gasteiger partial charge in [0.05, 0.1) is 6.33 Å². The Morgan fingerprint density at radius 2 is 2.00 bits per heavy atom. The topological polar surface area (TPSA) is 85.3 Å². The van der Waals surface area contributed by atoms with E-state index in [-0.39, 0.29) is 11.8 Å². The van der Waals surface area contributed by atoms with Crippen LogP contribution in [0.1, 0.15) is 34.3 Å². The molecule has 1 unspecified atom stereocenters. The average molecular weight is 404 g/mol. The Bertz CT molecular complexity index is 1010. The molecule has 0 saturated carbocycles. The zero-order valence-corrected chi connectivity index (χ0v) is 16.6.